The van der Waals surface area contributed by atoms with Crippen molar-refractivity contribution < 1.29 is 0 Å². The molecule has 0 aliphatic rings. The summed E-state index contributed by atoms with van der Waals surface area (Å²) in [5.74, 6) is 0.850. The zero-order valence-corrected chi connectivity index (χ0v) is 13.0. The van der Waals surface area contributed by atoms with Gasteiger partial charge in [-0.05, 0) is 32.4 Å². The number of thiophene rings is 1. The maximum atomic E-state index is 6.09. The van der Waals surface area contributed by atoms with E-state index >= 15 is 0 Å². The van der Waals surface area contributed by atoms with Crippen molar-refractivity contribution in [2.24, 2.45) is 0 Å². The summed E-state index contributed by atoms with van der Waals surface area (Å²) in [7, 11) is 0. The molecule has 0 saturated carbocycles. The molecule has 0 aliphatic carbocycles. The van der Waals surface area contributed by atoms with Crippen LogP contribution in [-0.2, 0) is 12.8 Å². The SMILES string of the molecule is CCc1c(Cl)ncnc1NC(C)Cc1ccc(C)s1. The first kappa shape index (κ1) is 14.3. The van der Waals surface area contributed by atoms with Gasteiger partial charge in [0.25, 0.3) is 0 Å². The number of hydrogen-bond acceptors (Lipinski definition) is 4. The molecule has 0 spiro atoms. The van der Waals surface area contributed by atoms with E-state index in [9.17, 15) is 0 Å². The molecule has 0 aliphatic heterocycles. The van der Waals surface area contributed by atoms with Crippen molar-refractivity contribution in [3.63, 3.8) is 0 Å². The Kier molecular flexibility index (Phi) is 4.77. The van der Waals surface area contributed by atoms with Gasteiger partial charge in [0, 0.05) is 27.8 Å². The molecule has 0 fully saturated rings. The number of rotatable bonds is 5. The summed E-state index contributed by atoms with van der Waals surface area (Å²) in [6, 6.07) is 4.66. The molecule has 1 N–H and O–H groups in total. The summed E-state index contributed by atoms with van der Waals surface area (Å²) in [6.07, 6.45) is 3.32. The highest BCUT2D eigenvalue weighted by atomic mass is 35.5. The molecule has 1 unspecified atom stereocenters. The van der Waals surface area contributed by atoms with Crippen LogP contribution in [0.2, 0.25) is 5.15 Å². The van der Waals surface area contributed by atoms with Crippen molar-refractivity contribution in [1.29, 1.82) is 0 Å². The molecule has 2 heterocycles. The standard InChI is InChI=1S/C14H18ClN3S/c1-4-12-13(15)16-8-17-14(12)18-9(2)7-11-6-5-10(3)19-11/h5-6,8-9H,4,7H2,1-3H3,(H,16,17,18). The second kappa shape index (κ2) is 6.35. The molecule has 0 radical (unpaired) electrons. The molecular weight excluding hydrogens is 278 g/mol. The zero-order valence-electron chi connectivity index (χ0n) is 11.4. The molecular formula is C14H18ClN3S. The Bertz CT molecular complexity index is 553. The molecule has 0 saturated heterocycles. The van der Waals surface area contributed by atoms with E-state index < -0.39 is 0 Å². The maximum Gasteiger partial charge on any atom is 0.137 e. The third-order valence-electron chi connectivity index (χ3n) is 2.93. The highest BCUT2D eigenvalue weighted by Crippen LogP contribution is 2.22. The zero-order chi connectivity index (χ0) is 13.8. The van der Waals surface area contributed by atoms with Gasteiger partial charge < -0.3 is 5.32 Å². The van der Waals surface area contributed by atoms with Crippen LogP contribution in [-0.4, -0.2) is 16.0 Å². The van der Waals surface area contributed by atoms with Crippen molar-refractivity contribution in [2.75, 3.05) is 5.32 Å². The lowest BCUT2D eigenvalue weighted by molar-refractivity contribution is 0.789. The topological polar surface area (TPSA) is 37.8 Å². The molecule has 2 rings (SSSR count). The molecule has 2 aromatic rings. The van der Waals surface area contributed by atoms with Crippen molar-refractivity contribution in [1.82, 2.24) is 9.97 Å². The summed E-state index contributed by atoms with van der Waals surface area (Å²) in [5, 5.41) is 3.97. The lowest BCUT2D eigenvalue weighted by Gasteiger charge is -2.16. The highest BCUT2D eigenvalue weighted by Gasteiger charge is 2.11. The minimum absolute atomic E-state index is 0.314. The number of hydrogen-bond donors (Lipinski definition) is 1. The molecule has 19 heavy (non-hydrogen) atoms. The third-order valence-corrected chi connectivity index (χ3v) is 4.28. The van der Waals surface area contributed by atoms with Crippen LogP contribution < -0.4 is 5.32 Å². The summed E-state index contributed by atoms with van der Waals surface area (Å²) >= 11 is 7.93. The summed E-state index contributed by atoms with van der Waals surface area (Å²) in [4.78, 5) is 11.0. The van der Waals surface area contributed by atoms with E-state index in [1.807, 2.05) is 11.3 Å². The van der Waals surface area contributed by atoms with Crippen molar-refractivity contribution in [3.8, 4) is 0 Å². The summed E-state index contributed by atoms with van der Waals surface area (Å²) in [5.41, 5.74) is 0.985. The Hall–Kier alpha value is -1.13. The minimum atomic E-state index is 0.314. The number of aryl methyl sites for hydroxylation is 1. The molecule has 0 aromatic carbocycles. The van der Waals surface area contributed by atoms with E-state index in [0.717, 1.165) is 24.2 Å². The van der Waals surface area contributed by atoms with Crippen LogP contribution >= 0.6 is 22.9 Å². The predicted molar refractivity (Wildman–Crippen MR) is 82.3 cm³/mol. The third kappa shape index (κ3) is 3.67. The van der Waals surface area contributed by atoms with Crippen LogP contribution in [0.1, 0.15) is 29.2 Å². The lowest BCUT2D eigenvalue weighted by atomic mass is 10.2. The van der Waals surface area contributed by atoms with Gasteiger partial charge in [-0.15, -0.1) is 11.3 Å². The fourth-order valence-electron chi connectivity index (χ4n) is 2.01. The van der Waals surface area contributed by atoms with Crippen LogP contribution in [0.3, 0.4) is 0 Å². The Morgan fingerprint density at radius 2 is 2.16 bits per heavy atom. The van der Waals surface area contributed by atoms with E-state index in [0.29, 0.717) is 11.2 Å². The smallest absolute Gasteiger partial charge is 0.137 e. The molecule has 102 valence electrons. The van der Waals surface area contributed by atoms with E-state index in [-0.39, 0.29) is 0 Å². The number of anilines is 1. The van der Waals surface area contributed by atoms with E-state index in [1.165, 1.54) is 16.1 Å². The van der Waals surface area contributed by atoms with Gasteiger partial charge in [-0.3, -0.25) is 0 Å². The summed E-state index contributed by atoms with van der Waals surface area (Å²) < 4.78 is 0. The van der Waals surface area contributed by atoms with Crippen LogP contribution in [0.5, 0.6) is 0 Å². The monoisotopic (exact) mass is 295 g/mol. The van der Waals surface area contributed by atoms with Crippen LogP contribution in [0.25, 0.3) is 0 Å². The number of halogens is 1. The van der Waals surface area contributed by atoms with Gasteiger partial charge in [0.15, 0.2) is 0 Å². The normalized spacial score (nSPS) is 12.4. The number of nitrogens with zero attached hydrogens (tertiary/aromatic N) is 2. The van der Waals surface area contributed by atoms with Crippen LogP contribution in [0.15, 0.2) is 18.5 Å². The summed E-state index contributed by atoms with van der Waals surface area (Å²) in [6.45, 7) is 6.35. The van der Waals surface area contributed by atoms with Crippen LogP contribution in [0.4, 0.5) is 5.82 Å². The van der Waals surface area contributed by atoms with E-state index in [4.69, 9.17) is 11.6 Å². The average Bonchev–Trinajstić information content (AvgIpc) is 2.75. The van der Waals surface area contributed by atoms with Gasteiger partial charge in [-0.2, -0.15) is 0 Å². The highest BCUT2D eigenvalue weighted by molar-refractivity contribution is 7.11. The Labute approximate surface area is 123 Å². The molecule has 0 bridgehead atoms. The second-order valence-electron chi connectivity index (χ2n) is 4.61. The van der Waals surface area contributed by atoms with Gasteiger partial charge in [0.1, 0.15) is 17.3 Å². The first-order valence-electron chi connectivity index (χ1n) is 6.41. The van der Waals surface area contributed by atoms with E-state index in [1.54, 1.807) is 0 Å². The first-order valence-corrected chi connectivity index (χ1v) is 7.60. The average molecular weight is 296 g/mol. The molecule has 5 heteroatoms. The number of nitrogens with one attached hydrogen (secondary N) is 1. The second-order valence-corrected chi connectivity index (χ2v) is 6.34. The van der Waals surface area contributed by atoms with Gasteiger partial charge in [0.2, 0.25) is 0 Å². The van der Waals surface area contributed by atoms with Crippen LogP contribution in [0, 0.1) is 6.92 Å². The van der Waals surface area contributed by atoms with E-state index in [2.05, 4.69) is 48.2 Å². The van der Waals surface area contributed by atoms with Gasteiger partial charge >= 0.3 is 0 Å². The molecule has 0 amide bonds. The Morgan fingerprint density at radius 3 is 2.79 bits per heavy atom. The van der Waals surface area contributed by atoms with Crippen molar-refractivity contribution in [2.45, 2.75) is 39.7 Å². The fourth-order valence-corrected chi connectivity index (χ4v) is 3.30. The van der Waals surface area contributed by atoms with Crippen molar-refractivity contribution in [3.05, 3.63) is 38.9 Å². The molecule has 2 aromatic heterocycles. The Balaban J connectivity index is 2.06. The first-order chi connectivity index (χ1) is 9.10. The Morgan fingerprint density at radius 1 is 1.37 bits per heavy atom. The minimum Gasteiger partial charge on any atom is -0.367 e. The fraction of sp³-hybridized carbons (Fsp3) is 0.429. The maximum absolute atomic E-state index is 6.09. The van der Waals surface area contributed by atoms with Crippen molar-refractivity contribution >= 4 is 28.8 Å². The molecule has 1 atom stereocenters. The quantitative estimate of drug-likeness (QED) is 0.844. The largest absolute Gasteiger partial charge is 0.367 e. The van der Waals surface area contributed by atoms with Gasteiger partial charge in [-0.25, -0.2) is 9.97 Å². The van der Waals surface area contributed by atoms with Gasteiger partial charge in [0.05, 0.1) is 0 Å². The lowest BCUT2D eigenvalue weighted by Crippen LogP contribution is -2.19. The van der Waals surface area contributed by atoms with Gasteiger partial charge in [-0.1, -0.05) is 18.5 Å². The number of aromatic nitrogens is 2. The predicted octanol–water partition coefficient (Wildman–Crippen LogP) is 4.11. The molecule has 3 nitrogen and oxygen atoms in total.